The smallest absolute Gasteiger partial charge is 0.228 e. The number of nitrogens with one attached hydrogen (secondary N) is 1. The number of carbonyl (C=O) groups excluding carboxylic acids is 1. The summed E-state index contributed by atoms with van der Waals surface area (Å²) >= 11 is 0. The van der Waals surface area contributed by atoms with E-state index in [0.29, 0.717) is 6.42 Å². The van der Waals surface area contributed by atoms with Gasteiger partial charge in [-0.15, -0.1) is 0 Å². The highest BCUT2D eigenvalue weighted by Crippen LogP contribution is 2.31. The van der Waals surface area contributed by atoms with Gasteiger partial charge in [0.1, 0.15) is 5.75 Å². The number of carbonyl (C=O) groups is 1. The Balaban J connectivity index is 2.46. The van der Waals surface area contributed by atoms with Gasteiger partial charge in [-0.2, -0.15) is 0 Å². The predicted molar refractivity (Wildman–Crippen MR) is 54.4 cm³/mol. The second kappa shape index (κ2) is 3.33. The molecule has 0 radical (unpaired) electrons. The quantitative estimate of drug-likeness (QED) is 0.701. The molecule has 0 aliphatic carbocycles. The van der Waals surface area contributed by atoms with Crippen molar-refractivity contribution in [2.45, 2.75) is 26.2 Å². The number of rotatable bonds is 2. The van der Waals surface area contributed by atoms with Crippen LogP contribution in [0.3, 0.4) is 0 Å². The molecule has 1 amide bonds. The summed E-state index contributed by atoms with van der Waals surface area (Å²) in [5, 5.41) is 12.3. The van der Waals surface area contributed by atoms with Crippen molar-refractivity contribution < 1.29 is 9.90 Å². The van der Waals surface area contributed by atoms with E-state index < -0.39 is 0 Å². The Hall–Kier alpha value is -1.51. The van der Waals surface area contributed by atoms with E-state index >= 15 is 0 Å². The molecular formula is C11H13NO2. The summed E-state index contributed by atoms with van der Waals surface area (Å²) in [5.74, 6) is 0.270. The lowest BCUT2D eigenvalue weighted by atomic mass is 10.0. The summed E-state index contributed by atoms with van der Waals surface area (Å²) in [4.78, 5) is 11.2. The number of fused-ring (bicyclic) bond motifs is 1. The van der Waals surface area contributed by atoms with E-state index in [9.17, 15) is 9.90 Å². The molecule has 2 N–H and O–H groups in total. The van der Waals surface area contributed by atoms with E-state index in [2.05, 4.69) is 12.2 Å². The molecule has 0 saturated carbocycles. The minimum absolute atomic E-state index is 0.0166. The van der Waals surface area contributed by atoms with Gasteiger partial charge in [-0.1, -0.05) is 13.3 Å². The highest BCUT2D eigenvalue weighted by atomic mass is 16.3. The first kappa shape index (κ1) is 9.06. The van der Waals surface area contributed by atoms with Crippen molar-refractivity contribution in [2.75, 3.05) is 5.32 Å². The van der Waals surface area contributed by atoms with Crippen molar-refractivity contribution in [3.05, 3.63) is 23.3 Å². The van der Waals surface area contributed by atoms with Crippen LogP contribution in [0.25, 0.3) is 0 Å². The molecule has 1 aliphatic rings. The lowest BCUT2D eigenvalue weighted by molar-refractivity contribution is -0.115. The third-order valence-corrected chi connectivity index (χ3v) is 2.42. The number of aryl methyl sites for hydroxylation is 1. The molecule has 0 atom stereocenters. The monoisotopic (exact) mass is 191 g/mol. The molecule has 0 aromatic heterocycles. The van der Waals surface area contributed by atoms with Crippen molar-refractivity contribution in [1.82, 2.24) is 0 Å². The highest BCUT2D eigenvalue weighted by molar-refractivity contribution is 6.00. The SMILES string of the molecule is CCCc1cc(O)cc2c1NC(=O)C2. The number of phenolic OH excluding ortho intramolecular Hbond substituents is 1. The molecule has 0 saturated heterocycles. The van der Waals surface area contributed by atoms with Crippen molar-refractivity contribution in [3.8, 4) is 5.75 Å². The zero-order valence-corrected chi connectivity index (χ0v) is 8.13. The fourth-order valence-electron chi connectivity index (χ4n) is 1.87. The largest absolute Gasteiger partial charge is 0.508 e. The molecule has 0 unspecified atom stereocenters. The second-order valence-corrected chi connectivity index (χ2v) is 3.61. The van der Waals surface area contributed by atoms with Gasteiger partial charge in [0, 0.05) is 5.69 Å². The van der Waals surface area contributed by atoms with Gasteiger partial charge in [0.15, 0.2) is 0 Å². The maximum atomic E-state index is 11.2. The average Bonchev–Trinajstić information content (AvgIpc) is 2.45. The molecule has 14 heavy (non-hydrogen) atoms. The maximum Gasteiger partial charge on any atom is 0.228 e. The van der Waals surface area contributed by atoms with Crippen LogP contribution in [0, 0.1) is 0 Å². The summed E-state index contributed by atoms with van der Waals surface area (Å²) in [7, 11) is 0. The molecule has 74 valence electrons. The van der Waals surface area contributed by atoms with Gasteiger partial charge >= 0.3 is 0 Å². The van der Waals surface area contributed by atoms with Gasteiger partial charge in [0.25, 0.3) is 0 Å². The summed E-state index contributed by atoms with van der Waals surface area (Å²) in [6, 6.07) is 3.39. The van der Waals surface area contributed by atoms with Crippen LogP contribution >= 0.6 is 0 Å². The molecule has 1 heterocycles. The Morgan fingerprint density at radius 2 is 2.29 bits per heavy atom. The first-order valence-electron chi connectivity index (χ1n) is 4.85. The van der Waals surface area contributed by atoms with Crippen molar-refractivity contribution in [2.24, 2.45) is 0 Å². The summed E-state index contributed by atoms with van der Waals surface area (Å²) in [6.45, 7) is 2.08. The molecule has 3 heteroatoms. The zero-order chi connectivity index (χ0) is 10.1. The number of hydrogen-bond acceptors (Lipinski definition) is 2. The van der Waals surface area contributed by atoms with E-state index in [1.54, 1.807) is 12.1 Å². The van der Waals surface area contributed by atoms with Gasteiger partial charge in [-0.25, -0.2) is 0 Å². The highest BCUT2D eigenvalue weighted by Gasteiger charge is 2.20. The van der Waals surface area contributed by atoms with Crippen LogP contribution in [-0.2, 0) is 17.6 Å². The van der Waals surface area contributed by atoms with Crippen LogP contribution in [0.4, 0.5) is 5.69 Å². The van der Waals surface area contributed by atoms with Crippen molar-refractivity contribution in [1.29, 1.82) is 0 Å². The fraction of sp³-hybridized carbons (Fsp3) is 0.364. The molecule has 3 nitrogen and oxygen atoms in total. The standard InChI is InChI=1S/C11H13NO2/c1-2-3-7-4-9(13)5-8-6-10(14)12-11(7)8/h4-5,13H,2-3,6H2,1H3,(H,12,14). The van der Waals surface area contributed by atoms with Gasteiger partial charge in [-0.05, 0) is 29.7 Å². The minimum Gasteiger partial charge on any atom is -0.508 e. The molecule has 1 aromatic rings. The normalized spacial score (nSPS) is 13.9. The molecule has 0 bridgehead atoms. The molecule has 0 fully saturated rings. The van der Waals surface area contributed by atoms with Gasteiger partial charge in [-0.3, -0.25) is 4.79 Å². The van der Waals surface area contributed by atoms with E-state index in [0.717, 1.165) is 29.7 Å². The summed E-state index contributed by atoms with van der Waals surface area (Å²) in [5.41, 5.74) is 2.86. The lowest BCUT2D eigenvalue weighted by Gasteiger charge is -2.07. The number of benzene rings is 1. The predicted octanol–water partition coefficient (Wildman–Crippen LogP) is 1.84. The van der Waals surface area contributed by atoms with Gasteiger partial charge in [0.05, 0.1) is 6.42 Å². The van der Waals surface area contributed by atoms with Crippen molar-refractivity contribution >= 4 is 11.6 Å². The van der Waals surface area contributed by atoms with E-state index in [1.807, 2.05) is 0 Å². The first-order valence-corrected chi connectivity index (χ1v) is 4.85. The summed E-state index contributed by atoms with van der Waals surface area (Å²) < 4.78 is 0. The molecular weight excluding hydrogens is 178 g/mol. The Morgan fingerprint density at radius 1 is 1.50 bits per heavy atom. The number of amides is 1. The van der Waals surface area contributed by atoms with Gasteiger partial charge in [0.2, 0.25) is 5.91 Å². The van der Waals surface area contributed by atoms with E-state index in [4.69, 9.17) is 0 Å². The molecule has 1 aliphatic heterocycles. The number of aromatic hydroxyl groups is 1. The average molecular weight is 191 g/mol. The van der Waals surface area contributed by atoms with Crippen molar-refractivity contribution in [3.63, 3.8) is 0 Å². The number of phenols is 1. The second-order valence-electron chi connectivity index (χ2n) is 3.61. The maximum absolute atomic E-state index is 11.2. The van der Waals surface area contributed by atoms with Crippen LogP contribution in [0.1, 0.15) is 24.5 Å². The lowest BCUT2D eigenvalue weighted by Crippen LogP contribution is -2.04. The Labute approximate surface area is 82.8 Å². The molecule has 1 aromatic carbocycles. The third kappa shape index (κ3) is 1.45. The van der Waals surface area contributed by atoms with Crippen LogP contribution in [-0.4, -0.2) is 11.0 Å². The molecule has 0 spiro atoms. The van der Waals surface area contributed by atoms with E-state index in [-0.39, 0.29) is 11.7 Å². The van der Waals surface area contributed by atoms with E-state index in [1.165, 1.54) is 0 Å². The topological polar surface area (TPSA) is 49.3 Å². The fourth-order valence-corrected chi connectivity index (χ4v) is 1.87. The Bertz CT molecular complexity index is 385. The number of hydrogen-bond donors (Lipinski definition) is 2. The minimum atomic E-state index is 0.0166. The third-order valence-electron chi connectivity index (χ3n) is 2.42. The van der Waals surface area contributed by atoms with Crippen LogP contribution < -0.4 is 5.32 Å². The van der Waals surface area contributed by atoms with Gasteiger partial charge < -0.3 is 10.4 Å². The Kier molecular flexibility index (Phi) is 2.15. The van der Waals surface area contributed by atoms with Crippen LogP contribution in [0.2, 0.25) is 0 Å². The van der Waals surface area contributed by atoms with Crippen LogP contribution in [0.15, 0.2) is 12.1 Å². The zero-order valence-electron chi connectivity index (χ0n) is 8.13. The Morgan fingerprint density at radius 3 is 3.00 bits per heavy atom. The molecule has 2 rings (SSSR count). The number of anilines is 1. The summed E-state index contributed by atoms with van der Waals surface area (Å²) in [6.07, 6.45) is 2.28. The first-order chi connectivity index (χ1) is 6.70. The van der Waals surface area contributed by atoms with Crippen LogP contribution in [0.5, 0.6) is 5.75 Å².